The molecule has 0 aliphatic rings. The van der Waals surface area contributed by atoms with Crippen molar-refractivity contribution in [2.24, 2.45) is 5.41 Å². The quantitative estimate of drug-likeness (QED) is 0.812. The molecule has 22 heavy (non-hydrogen) atoms. The van der Waals surface area contributed by atoms with Gasteiger partial charge in [-0.05, 0) is 24.7 Å². The number of nitrogens with zero attached hydrogens (tertiary/aromatic N) is 2. The van der Waals surface area contributed by atoms with Crippen LogP contribution in [-0.4, -0.2) is 33.6 Å². The van der Waals surface area contributed by atoms with Crippen molar-refractivity contribution in [1.29, 1.82) is 0 Å². The van der Waals surface area contributed by atoms with Crippen LogP contribution in [0, 0.1) is 5.41 Å². The molecular formula is C15H21N3O3S. The summed E-state index contributed by atoms with van der Waals surface area (Å²) in [5.41, 5.74) is -0.453. The van der Waals surface area contributed by atoms with E-state index in [4.69, 9.17) is 0 Å². The lowest BCUT2D eigenvalue weighted by Gasteiger charge is -2.31. The average Bonchev–Trinajstić information content (AvgIpc) is 3.01. The fraction of sp³-hybridized carbons (Fsp3) is 0.533. The number of rotatable bonds is 7. The normalized spacial score (nSPS) is 11.8. The van der Waals surface area contributed by atoms with Gasteiger partial charge >= 0.3 is 0 Å². The molecular weight excluding hydrogens is 302 g/mol. The SMILES string of the molecule is CCC(CC)(CCO)CNC(=O)c1cnc2sccn2c1=O. The van der Waals surface area contributed by atoms with Gasteiger partial charge in [-0.25, -0.2) is 4.98 Å². The summed E-state index contributed by atoms with van der Waals surface area (Å²) in [7, 11) is 0. The highest BCUT2D eigenvalue weighted by Gasteiger charge is 2.27. The second kappa shape index (κ2) is 7.02. The van der Waals surface area contributed by atoms with E-state index in [-0.39, 0.29) is 23.1 Å². The highest BCUT2D eigenvalue weighted by molar-refractivity contribution is 7.15. The van der Waals surface area contributed by atoms with Gasteiger partial charge in [0.25, 0.3) is 11.5 Å². The maximum Gasteiger partial charge on any atom is 0.271 e. The van der Waals surface area contributed by atoms with Crippen LogP contribution in [0.5, 0.6) is 0 Å². The first kappa shape index (κ1) is 16.6. The monoisotopic (exact) mass is 323 g/mol. The Balaban J connectivity index is 2.17. The first-order chi connectivity index (χ1) is 10.6. The van der Waals surface area contributed by atoms with Gasteiger partial charge < -0.3 is 10.4 Å². The fourth-order valence-corrected chi connectivity index (χ4v) is 3.20. The summed E-state index contributed by atoms with van der Waals surface area (Å²) >= 11 is 1.35. The molecule has 0 radical (unpaired) electrons. The third kappa shape index (κ3) is 3.20. The zero-order valence-corrected chi connectivity index (χ0v) is 13.7. The molecule has 2 aromatic heterocycles. The van der Waals surface area contributed by atoms with E-state index in [1.165, 1.54) is 21.9 Å². The minimum Gasteiger partial charge on any atom is -0.396 e. The number of aromatic nitrogens is 2. The molecule has 7 heteroatoms. The van der Waals surface area contributed by atoms with Gasteiger partial charge in [0.15, 0.2) is 4.96 Å². The molecule has 0 spiro atoms. The van der Waals surface area contributed by atoms with Crippen LogP contribution < -0.4 is 10.9 Å². The van der Waals surface area contributed by atoms with Crippen LogP contribution in [-0.2, 0) is 0 Å². The molecule has 0 atom stereocenters. The van der Waals surface area contributed by atoms with E-state index >= 15 is 0 Å². The van der Waals surface area contributed by atoms with Crippen LogP contribution >= 0.6 is 11.3 Å². The highest BCUT2D eigenvalue weighted by atomic mass is 32.1. The Morgan fingerprint density at radius 2 is 2.18 bits per heavy atom. The summed E-state index contributed by atoms with van der Waals surface area (Å²) in [4.78, 5) is 29.2. The Bertz CT molecular complexity index is 703. The molecule has 0 aliphatic heterocycles. The number of nitrogens with one attached hydrogen (secondary N) is 1. The lowest BCUT2D eigenvalue weighted by atomic mass is 9.79. The number of hydrogen-bond acceptors (Lipinski definition) is 5. The number of fused-ring (bicyclic) bond motifs is 1. The van der Waals surface area contributed by atoms with E-state index in [2.05, 4.69) is 10.3 Å². The van der Waals surface area contributed by atoms with E-state index in [1.54, 1.807) is 11.6 Å². The van der Waals surface area contributed by atoms with Crippen molar-refractivity contribution in [2.45, 2.75) is 33.1 Å². The molecule has 2 N–H and O–H groups in total. The largest absolute Gasteiger partial charge is 0.396 e. The first-order valence-electron chi connectivity index (χ1n) is 7.41. The third-order valence-corrected chi connectivity index (χ3v) is 5.12. The predicted molar refractivity (Wildman–Crippen MR) is 86.4 cm³/mol. The Morgan fingerprint density at radius 1 is 1.45 bits per heavy atom. The number of aliphatic hydroxyl groups is 1. The van der Waals surface area contributed by atoms with Gasteiger partial charge in [-0.3, -0.25) is 14.0 Å². The smallest absolute Gasteiger partial charge is 0.271 e. The topological polar surface area (TPSA) is 83.7 Å². The summed E-state index contributed by atoms with van der Waals surface area (Å²) in [5.74, 6) is -0.415. The van der Waals surface area contributed by atoms with Crippen molar-refractivity contribution in [3.05, 3.63) is 33.7 Å². The zero-order chi connectivity index (χ0) is 16.2. The first-order valence-corrected chi connectivity index (χ1v) is 8.29. The van der Waals surface area contributed by atoms with E-state index < -0.39 is 5.91 Å². The van der Waals surface area contributed by atoms with Gasteiger partial charge in [-0.1, -0.05) is 13.8 Å². The van der Waals surface area contributed by atoms with Crippen LogP contribution in [0.4, 0.5) is 0 Å². The number of hydrogen-bond donors (Lipinski definition) is 2. The van der Waals surface area contributed by atoms with Crippen molar-refractivity contribution < 1.29 is 9.90 Å². The predicted octanol–water partition coefficient (Wildman–Crippen LogP) is 1.67. The van der Waals surface area contributed by atoms with Crippen LogP contribution in [0.3, 0.4) is 0 Å². The van der Waals surface area contributed by atoms with Crippen molar-refractivity contribution >= 4 is 22.2 Å². The lowest BCUT2D eigenvalue weighted by molar-refractivity contribution is 0.0905. The Labute approximate surface area is 132 Å². The summed E-state index contributed by atoms with van der Waals surface area (Å²) in [6.45, 7) is 4.60. The lowest BCUT2D eigenvalue weighted by Crippen LogP contribution is -2.39. The van der Waals surface area contributed by atoms with E-state index in [0.717, 1.165) is 12.8 Å². The maximum atomic E-state index is 12.3. The minimum absolute atomic E-state index is 0.0426. The summed E-state index contributed by atoms with van der Waals surface area (Å²) in [5, 5.41) is 13.8. The van der Waals surface area contributed by atoms with Crippen molar-refractivity contribution in [2.75, 3.05) is 13.2 Å². The van der Waals surface area contributed by atoms with Gasteiger partial charge in [0, 0.05) is 30.9 Å². The van der Waals surface area contributed by atoms with Crippen molar-refractivity contribution in [1.82, 2.24) is 14.7 Å². The molecule has 0 aliphatic carbocycles. The van der Waals surface area contributed by atoms with Crippen molar-refractivity contribution in [3.8, 4) is 0 Å². The van der Waals surface area contributed by atoms with Gasteiger partial charge in [-0.15, -0.1) is 11.3 Å². The zero-order valence-electron chi connectivity index (χ0n) is 12.8. The van der Waals surface area contributed by atoms with Gasteiger partial charge in [0.05, 0.1) is 0 Å². The number of thiazole rings is 1. The Morgan fingerprint density at radius 3 is 2.82 bits per heavy atom. The van der Waals surface area contributed by atoms with Crippen LogP contribution in [0.15, 0.2) is 22.6 Å². The molecule has 1 amide bonds. The van der Waals surface area contributed by atoms with E-state index in [1.807, 2.05) is 13.8 Å². The van der Waals surface area contributed by atoms with Crippen LogP contribution in [0.1, 0.15) is 43.5 Å². The summed E-state index contributed by atoms with van der Waals surface area (Å²) in [6.07, 6.45) is 5.27. The second-order valence-electron chi connectivity index (χ2n) is 5.40. The standard InChI is InChI=1S/C15H21N3O3S/c1-3-15(4-2,5-7-19)10-17-12(20)11-9-16-14-18(13(11)21)6-8-22-14/h6,8-9,19H,3-5,7,10H2,1-2H3,(H,17,20). The molecule has 0 aromatic carbocycles. The number of aliphatic hydroxyl groups excluding tert-OH is 1. The van der Waals surface area contributed by atoms with E-state index in [0.29, 0.717) is 17.9 Å². The second-order valence-corrected chi connectivity index (χ2v) is 6.27. The minimum atomic E-state index is -0.415. The maximum absolute atomic E-state index is 12.3. The van der Waals surface area contributed by atoms with Crippen molar-refractivity contribution in [3.63, 3.8) is 0 Å². The number of amides is 1. The molecule has 0 fully saturated rings. The fourth-order valence-electron chi connectivity index (χ4n) is 2.52. The van der Waals surface area contributed by atoms with Gasteiger partial charge in [-0.2, -0.15) is 0 Å². The highest BCUT2D eigenvalue weighted by Crippen LogP contribution is 2.29. The molecule has 0 bridgehead atoms. The molecule has 2 rings (SSSR count). The molecule has 6 nitrogen and oxygen atoms in total. The van der Waals surface area contributed by atoms with E-state index in [9.17, 15) is 14.7 Å². The van der Waals surface area contributed by atoms with Gasteiger partial charge in [0.1, 0.15) is 5.56 Å². The molecule has 2 aromatic rings. The summed E-state index contributed by atoms with van der Waals surface area (Å²) < 4.78 is 1.38. The molecule has 0 unspecified atom stereocenters. The third-order valence-electron chi connectivity index (χ3n) is 4.35. The summed E-state index contributed by atoms with van der Waals surface area (Å²) in [6, 6.07) is 0. The molecule has 0 saturated carbocycles. The molecule has 120 valence electrons. The Kier molecular flexibility index (Phi) is 5.31. The number of carbonyl (C=O) groups excluding carboxylic acids is 1. The van der Waals surface area contributed by atoms with Crippen LogP contribution in [0.2, 0.25) is 0 Å². The molecule has 2 heterocycles. The van der Waals surface area contributed by atoms with Crippen LogP contribution in [0.25, 0.3) is 4.96 Å². The Hall–Kier alpha value is -1.73. The van der Waals surface area contributed by atoms with Gasteiger partial charge in [0.2, 0.25) is 0 Å². The molecule has 0 saturated heterocycles. The number of carbonyl (C=O) groups is 1. The average molecular weight is 323 g/mol.